The van der Waals surface area contributed by atoms with E-state index in [0.717, 1.165) is 6.54 Å². The Labute approximate surface area is 256 Å². The first kappa shape index (κ1) is 52.0. The van der Waals surface area contributed by atoms with E-state index >= 15 is 0 Å². The predicted molar refractivity (Wildman–Crippen MR) is 176 cm³/mol. The molecule has 2 nitrogen and oxygen atoms in total. The number of hydrogen-bond donors (Lipinski definition) is 0. The molecule has 4 radical (unpaired) electrons. The van der Waals surface area contributed by atoms with Crippen molar-refractivity contribution in [3.63, 3.8) is 0 Å². The molecule has 0 saturated carbocycles. The summed E-state index contributed by atoms with van der Waals surface area (Å²) >= 11 is -1.33. The Balaban J connectivity index is -0.0000000611. The third-order valence-electron chi connectivity index (χ3n) is 3.87. The van der Waals surface area contributed by atoms with Crippen LogP contribution in [-0.4, -0.2) is 101 Å². The fraction of sp³-hybridized carbons (Fsp3) is 0.778. The summed E-state index contributed by atoms with van der Waals surface area (Å²) in [6.07, 6.45) is 5.94. The fourth-order valence-corrected chi connectivity index (χ4v) is 21.0. The van der Waals surface area contributed by atoms with Crippen LogP contribution >= 0.6 is 0 Å². The van der Waals surface area contributed by atoms with Gasteiger partial charge >= 0.3 is 132 Å². The molecule has 0 aliphatic carbocycles. The monoisotopic (exact) mass is 688 g/mol. The minimum atomic E-state index is -1.33. The molecular weight excluding hydrogens is 627 g/mol. The molecule has 0 aromatic rings. The Bertz CT molecular complexity index is 446. The SMILES string of the molecule is CN(C)C1=CC[N-]C=C1.C[C](C)(C)[Ga]([C](C)(C)C)[C](C)(C)C.C[Si](C)C.C[Si](C)C.[Al+3].[CH3-].[CH3-].[SbH]. The van der Waals surface area contributed by atoms with Crippen LogP contribution in [0.25, 0.3) is 5.32 Å². The van der Waals surface area contributed by atoms with Gasteiger partial charge in [-0.2, -0.15) is 6.20 Å². The van der Waals surface area contributed by atoms with Crippen LogP contribution in [-0.2, 0) is 0 Å². The van der Waals surface area contributed by atoms with Crippen LogP contribution in [0, 0.1) is 14.9 Å². The standard InChI is InChI=1S/C7H11N2.3C4H9.2C3H9Si.2CH3.Al.Ga.Sb.H/c1-9(2)7-3-5-8-6-4-7;5*1-4(2)3;;;;;;/h3-5H,6H2,1-2H3;5*1-3H3;2*1H3;;;;/q-1;;;;;;2*-1;+3;;;. The van der Waals surface area contributed by atoms with Gasteiger partial charge in [0.25, 0.3) is 0 Å². The molecule has 7 heteroatoms. The Kier molecular flexibility index (Phi) is 38.0. The molecule has 0 atom stereocenters. The van der Waals surface area contributed by atoms with E-state index in [-0.39, 0.29) is 74.2 Å². The molecule has 0 aromatic heterocycles. The number of hydrogen-bond acceptors (Lipinski definition) is 1. The second-order valence-corrected chi connectivity index (χ2v) is 31.5. The summed E-state index contributed by atoms with van der Waals surface area (Å²) in [5, 5.41) is 4.03. The van der Waals surface area contributed by atoms with Crippen LogP contribution < -0.4 is 0 Å². The Morgan fingerprint density at radius 2 is 1.00 bits per heavy atom. The maximum atomic E-state index is 4.03. The van der Waals surface area contributed by atoms with Gasteiger partial charge in [0, 0.05) is 37.4 Å². The van der Waals surface area contributed by atoms with Gasteiger partial charge in [0.2, 0.25) is 0 Å². The molecule has 0 N–H and O–H groups in total. The zero-order valence-electron chi connectivity index (χ0n) is 27.0. The van der Waals surface area contributed by atoms with Crippen LogP contribution in [0.15, 0.2) is 24.0 Å². The molecule has 0 fully saturated rings. The second kappa shape index (κ2) is 24.8. The van der Waals surface area contributed by atoms with Gasteiger partial charge < -0.3 is 25.1 Å². The van der Waals surface area contributed by atoms with E-state index < -0.39 is 16.2 Å². The van der Waals surface area contributed by atoms with Crippen molar-refractivity contribution in [2.75, 3.05) is 20.6 Å². The molecule has 0 spiro atoms. The first-order valence-electron chi connectivity index (χ1n) is 11.4. The van der Waals surface area contributed by atoms with E-state index in [1.807, 2.05) is 26.4 Å². The van der Waals surface area contributed by atoms with Crippen molar-refractivity contribution < 1.29 is 0 Å². The second-order valence-electron chi connectivity index (χ2n) is 12.7. The third kappa shape index (κ3) is 35.7. The van der Waals surface area contributed by atoms with Gasteiger partial charge in [0.1, 0.15) is 0 Å². The zero-order chi connectivity index (χ0) is 24.9. The van der Waals surface area contributed by atoms with Crippen molar-refractivity contribution >= 4 is 75.6 Å². The van der Waals surface area contributed by atoms with E-state index in [4.69, 9.17) is 0 Å². The molecule has 1 aliphatic rings. The maximum absolute atomic E-state index is 4.03. The quantitative estimate of drug-likeness (QED) is 0.199. The van der Waals surface area contributed by atoms with E-state index in [0.29, 0.717) is 11.9 Å². The molecule has 0 bridgehead atoms. The Morgan fingerprint density at radius 3 is 1.09 bits per heavy atom. The minimum absolute atomic E-state index is 0. The topological polar surface area (TPSA) is 17.3 Å². The Morgan fingerprint density at radius 1 is 0.735 bits per heavy atom. The van der Waals surface area contributed by atoms with Crippen LogP contribution in [0.4, 0.5) is 0 Å². The van der Waals surface area contributed by atoms with Gasteiger partial charge in [0.05, 0.1) is 0 Å². The van der Waals surface area contributed by atoms with Crippen LogP contribution in [0.3, 0.4) is 0 Å². The average molecular weight is 690 g/mol. The summed E-state index contributed by atoms with van der Waals surface area (Å²) in [5.74, 6) is 0. The normalized spacial score (nSPS) is 12.0. The molecule has 34 heavy (non-hydrogen) atoms. The number of rotatable bonds is 1. The van der Waals surface area contributed by atoms with Crippen molar-refractivity contribution in [2.24, 2.45) is 0 Å². The van der Waals surface area contributed by atoms with Crippen molar-refractivity contribution in [1.82, 2.24) is 4.90 Å². The molecular formula is C27H63AlGaN2SbSi2. The van der Waals surface area contributed by atoms with Gasteiger partial charge in [-0.05, 0) is 0 Å². The first-order valence-corrected chi connectivity index (χ1v) is 21.0. The molecule has 0 saturated heterocycles. The van der Waals surface area contributed by atoms with Gasteiger partial charge in [-0.25, -0.2) is 0 Å². The van der Waals surface area contributed by atoms with Crippen LogP contribution in [0.2, 0.25) is 51.2 Å². The molecule has 1 aliphatic heterocycles. The summed E-state index contributed by atoms with van der Waals surface area (Å²) in [6.45, 7) is 36.4. The zero-order valence-corrected chi connectivity index (χ0v) is 35.4. The molecule has 0 aromatic carbocycles. The van der Waals surface area contributed by atoms with E-state index in [9.17, 15) is 0 Å². The van der Waals surface area contributed by atoms with E-state index in [1.165, 1.54) is 5.70 Å². The van der Waals surface area contributed by atoms with Crippen LogP contribution in [0.1, 0.15) is 62.3 Å². The summed E-state index contributed by atoms with van der Waals surface area (Å²) < 4.78 is 1.72. The van der Waals surface area contributed by atoms with E-state index in [1.54, 1.807) is 0 Å². The van der Waals surface area contributed by atoms with E-state index in [2.05, 4.69) is 118 Å². The number of likely N-dealkylation sites (N-methyl/N-ethyl adjacent to an activating group) is 1. The molecule has 1 heterocycles. The molecule has 0 unspecified atom stereocenters. The van der Waals surface area contributed by atoms with Gasteiger partial charge in [0.15, 0.2) is 0 Å². The third-order valence-corrected chi connectivity index (χ3v) is 14.8. The summed E-state index contributed by atoms with van der Waals surface area (Å²) in [6, 6.07) is 0. The fourth-order valence-electron chi connectivity index (χ4n) is 4.63. The first-order chi connectivity index (χ1) is 13.1. The van der Waals surface area contributed by atoms with Crippen molar-refractivity contribution in [2.45, 2.75) is 114 Å². The van der Waals surface area contributed by atoms with Crippen molar-refractivity contribution in [3.05, 3.63) is 44.2 Å². The number of nitrogens with zero attached hydrogens (tertiary/aromatic N) is 2. The van der Waals surface area contributed by atoms with Crippen molar-refractivity contribution in [3.8, 4) is 0 Å². The van der Waals surface area contributed by atoms with Gasteiger partial charge in [-0.3, -0.25) is 0 Å². The predicted octanol–water partition coefficient (Wildman–Crippen LogP) is 8.83. The summed E-state index contributed by atoms with van der Waals surface area (Å²) in [4.78, 5) is 2.07. The summed E-state index contributed by atoms with van der Waals surface area (Å²) in [5.41, 5.74) is 1.24. The van der Waals surface area contributed by atoms with Gasteiger partial charge in [-0.15, -0.1) is 6.54 Å². The van der Waals surface area contributed by atoms with Gasteiger partial charge in [-0.1, -0.05) is 51.4 Å². The summed E-state index contributed by atoms with van der Waals surface area (Å²) in [7, 11) is 4.30. The Hall–Kier alpha value is 1.50. The average Bonchev–Trinajstić information content (AvgIpc) is 2.42. The molecule has 200 valence electrons. The van der Waals surface area contributed by atoms with Crippen LogP contribution in [0.5, 0.6) is 0 Å². The van der Waals surface area contributed by atoms with Crippen molar-refractivity contribution in [1.29, 1.82) is 0 Å². The number of allylic oxidation sites excluding steroid dienone is 1. The molecule has 0 amide bonds. The molecule has 1 rings (SSSR count).